The molecule has 1 heterocycles. The summed E-state index contributed by atoms with van der Waals surface area (Å²) in [5, 5.41) is 0.159. The van der Waals surface area contributed by atoms with Gasteiger partial charge in [-0.1, -0.05) is 18.5 Å². The summed E-state index contributed by atoms with van der Waals surface area (Å²) >= 11 is 5.75. The second-order valence-corrected chi connectivity index (χ2v) is 5.15. The van der Waals surface area contributed by atoms with Crippen LogP contribution in [0.4, 0.5) is 0 Å². The molecular weight excluding hydrogens is 212 g/mol. The molecular formula is C7H11ClN2O2S. The van der Waals surface area contributed by atoms with Crippen molar-refractivity contribution in [3.8, 4) is 0 Å². The Balaban J connectivity index is 3.15. The lowest BCUT2D eigenvalue weighted by molar-refractivity contribution is 0.591. The molecule has 13 heavy (non-hydrogen) atoms. The Morgan fingerprint density at radius 3 is 2.62 bits per heavy atom. The molecule has 0 aliphatic heterocycles. The Morgan fingerprint density at radius 1 is 1.62 bits per heavy atom. The number of aromatic nitrogens is 2. The van der Waals surface area contributed by atoms with E-state index in [0.29, 0.717) is 6.42 Å². The molecule has 0 aliphatic carbocycles. The maximum atomic E-state index is 11.5. The average molecular weight is 223 g/mol. The maximum Gasteiger partial charge on any atom is 0.198 e. The smallest absolute Gasteiger partial charge is 0.198 e. The summed E-state index contributed by atoms with van der Waals surface area (Å²) in [6.07, 6.45) is 1.96. The summed E-state index contributed by atoms with van der Waals surface area (Å²) in [5.41, 5.74) is 0. The van der Waals surface area contributed by atoms with Crippen LogP contribution in [0.2, 0.25) is 5.15 Å². The molecule has 0 saturated carbocycles. The summed E-state index contributed by atoms with van der Waals surface area (Å²) in [4.78, 5) is 3.75. The van der Waals surface area contributed by atoms with Crippen LogP contribution in [0.15, 0.2) is 11.4 Å². The van der Waals surface area contributed by atoms with E-state index in [0.717, 1.165) is 0 Å². The first-order valence-corrected chi connectivity index (χ1v) is 5.91. The highest BCUT2D eigenvalue weighted by Crippen LogP contribution is 2.19. The van der Waals surface area contributed by atoms with Crippen molar-refractivity contribution in [2.24, 2.45) is 7.05 Å². The van der Waals surface area contributed by atoms with Gasteiger partial charge in [0.15, 0.2) is 14.9 Å². The number of rotatable bonds is 3. The van der Waals surface area contributed by atoms with Gasteiger partial charge in [-0.15, -0.1) is 0 Å². The molecule has 0 aromatic carbocycles. The summed E-state index contributed by atoms with van der Waals surface area (Å²) in [5.74, 6) is 0.0870. The molecule has 1 aromatic rings. The van der Waals surface area contributed by atoms with Crippen LogP contribution in [0.1, 0.15) is 13.3 Å². The van der Waals surface area contributed by atoms with E-state index in [1.165, 1.54) is 10.9 Å². The topological polar surface area (TPSA) is 52.0 Å². The first-order chi connectivity index (χ1) is 5.99. The van der Waals surface area contributed by atoms with E-state index in [4.69, 9.17) is 11.6 Å². The van der Waals surface area contributed by atoms with Crippen LogP contribution in [0.3, 0.4) is 0 Å². The normalized spacial score (nSPS) is 11.9. The molecule has 0 saturated heterocycles. The number of imidazole rings is 1. The fourth-order valence-electron chi connectivity index (χ4n) is 0.968. The minimum absolute atomic E-state index is 0.0153. The minimum Gasteiger partial charge on any atom is -0.324 e. The molecule has 0 N–H and O–H groups in total. The monoisotopic (exact) mass is 222 g/mol. The molecule has 0 bridgehead atoms. The maximum absolute atomic E-state index is 11.5. The number of aryl methyl sites for hydroxylation is 1. The zero-order valence-corrected chi connectivity index (χ0v) is 9.06. The number of halogens is 1. The quantitative estimate of drug-likeness (QED) is 0.774. The Morgan fingerprint density at radius 2 is 2.23 bits per heavy atom. The van der Waals surface area contributed by atoms with Crippen molar-refractivity contribution in [3.05, 3.63) is 11.5 Å². The minimum atomic E-state index is -3.28. The molecule has 74 valence electrons. The van der Waals surface area contributed by atoms with E-state index in [-0.39, 0.29) is 15.9 Å². The Bertz CT molecular complexity index is 397. The Hall–Kier alpha value is -0.550. The van der Waals surface area contributed by atoms with Crippen molar-refractivity contribution in [2.45, 2.75) is 18.4 Å². The molecule has 0 amide bonds. The van der Waals surface area contributed by atoms with Gasteiger partial charge in [-0.3, -0.25) is 0 Å². The van der Waals surface area contributed by atoms with Crippen molar-refractivity contribution in [1.29, 1.82) is 0 Å². The Labute approximate surface area is 82.5 Å². The van der Waals surface area contributed by atoms with Crippen LogP contribution in [0, 0.1) is 0 Å². The van der Waals surface area contributed by atoms with Gasteiger partial charge >= 0.3 is 0 Å². The van der Waals surface area contributed by atoms with Crippen LogP contribution in [-0.2, 0) is 16.9 Å². The zero-order valence-electron chi connectivity index (χ0n) is 7.49. The third-order valence-electron chi connectivity index (χ3n) is 1.60. The standard InChI is InChI=1S/C7H11ClN2O2S/c1-3-4-13(11,12)7-6(8)10(2)5-9-7/h5H,3-4H2,1-2H3. The second kappa shape index (κ2) is 3.67. The molecule has 0 aliphatic rings. The fraction of sp³-hybridized carbons (Fsp3) is 0.571. The van der Waals surface area contributed by atoms with Crippen molar-refractivity contribution in [1.82, 2.24) is 9.55 Å². The predicted molar refractivity (Wildman–Crippen MR) is 50.6 cm³/mol. The predicted octanol–water partition coefficient (Wildman–Crippen LogP) is 1.26. The first kappa shape index (κ1) is 10.5. The summed E-state index contributed by atoms with van der Waals surface area (Å²) in [6, 6.07) is 0. The van der Waals surface area contributed by atoms with Crippen LogP contribution in [0.5, 0.6) is 0 Å². The third-order valence-corrected chi connectivity index (χ3v) is 3.99. The third kappa shape index (κ3) is 2.03. The van der Waals surface area contributed by atoms with Crippen molar-refractivity contribution < 1.29 is 8.42 Å². The van der Waals surface area contributed by atoms with E-state index < -0.39 is 9.84 Å². The Kier molecular flexibility index (Phi) is 2.98. The number of sulfone groups is 1. The highest BCUT2D eigenvalue weighted by Gasteiger charge is 2.20. The van der Waals surface area contributed by atoms with Gasteiger partial charge in [0.1, 0.15) is 5.15 Å². The van der Waals surface area contributed by atoms with Gasteiger partial charge in [0.2, 0.25) is 0 Å². The van der Waals surface area contributed by atoms with Gasteiger partial charge in [-0.25, -0.2) is 13.4 Å². The molecule has 0 radical (unpaired) electrons. The second-order valence-electron chi connectivity index (χ2n) is 2.77. The molecule has 1 aromatic heterocycles. The first-order valence-electron chi connectivity index (χ1n) is 3.88. The molecule has 0 atom stereocenters. The van der Waals surface area contributed by atoms with Gasteiger partial charge in [0.05, 0.1) is 12.1 Å². The molecule has 0 unspecified atom stereocenters. The molecule has 4 nitrogen and oxygen atoms in total. The van der Waals surface area contributed by atoms with Crippen molar-refractivity contribution in [3.63, 3.8) is 0 Å². The van der Waals surface area contributed by atoms with E-state index >= 15 is 0 Å². The number of hydrogen-bond acceptors (Lipinski definition) is 3. The van der Waals surface area contributed by atoms with E-state index in [2.05, 4.69) is 4.98 Å². The van der Waals surface area contributed by atoms with E-state index in [9.17, 15) is 8.42 Å². The van der Waals surface area contributed by atoms with Crippen LogP contribution in [0.25, 0.3) is 0 Å². The lowest BCUT2D eigenvalue weighted by atomic mass is 10.6. The van der Waals surface area contributed by atoms with E-state index in [1.54, 1.807) is 14.0 Å². The molecule has 6 heteroatoms. The number of hydrogen-bond donors (Lipinski definition) is 0. The highest BCUT2D eigenvalue weighted by molar-refractivity contribution is 7.91. The van der Waals surface area contributed by atoms with Gasteiger partial charge in [-0.05, 0) is 6.42 Å². The van der Waals surface area contributed by atoms with Gasteiger partial charge in [0, 0.05) is 7.05 Å². The van der Waals surface area contributed by atoms with Crippen LogP contribution >= 0.6 is 11.6 Å². The molecule has 0 fully saturated rings. The molecule has 1 rings (SSSR count). The van der Waals surface area contributed by atoms with Crippen LogP contribution < -0.4 is 0 Å². The largest absolute Gasteiger partial charge is 0.324 e. The van der Waals surface area contributed by atoms with Crippen molar-refractivity contribution >= 4 is 21.4 Å². The summed E-state index contributed by atoms with van der Waals surface area (Å²) in [6.45, 7) is 1.80. The summed E-state index contributed by atoms with van der Waals surface area (Å²) < 4.78 is 24.5. The SMILES string of the molecule is CCCS(=O)(=O)c1ncn(C)c1Cl. The number of nitrogens with zero attached hydrogens (tertiary/aromatic N) is 2. The summed E-state index contributed by atoms with van der Waals surface area (Å²) in [7, 11) is -1.63. The molecule has 0 spiro atoms. The zero-order chi connectivity index (χ0) is 10.1. The highest BCUT2D eigenvalue weighted by atomic mass is 35.5. The van der Waals surface area contributed by atoms with Gasteiger partial charge in [0.25, 0.3) is 0 Å². The van der Waals surface area contributed by atoms with E-state index in [1.807, 2.05) is 0 Å². The average Bonchev–Trinajstić information content (AvgIpc) is 2.33. The van der Waals surface area contributed by atoms with Crippen LogP contribution in [-0.4, -0.2) is 23.7 Å². The fourth-order valence-corrected chi connectivity index (χ4v) is 2.75. The van der Waals surface area contributed by atoms with Gasteiger partial charge in [-0.2, -0.15) is 0 Å². The lowest BCUT2D eigenvalue weighted by Gasteiger charge is -1.98. The van der Waals surface area contributed by atoms with Gasteiger partial charge < -0.3 is 4.57 Å². The lowest BCUT2D eigenvalue weighted by Crippen LogP contribution is -2.07. The van der Waals surface area contributed by atoms with Crippen molar-refractivity contribution in [2.75, 3.05) is 5.75 Å².